The first-order chi connectivity index (χ1) is 15.5. The number of carbonyl (C=O) groups excluding carboxylic acids is 1. The Kier molecular flexibility index (Phi) is 6.38. The van der Waals surface area contributed by atoms with Gasteiger partial charge in [0, 0.05) is 37.7 Å². The third-order valence-electron chi connectivity index (χ3n) is 4.98. The third kappa shape index (κ3) is 4.30. The van der Waals surface area contributed by atoms with E-state index in [9.17, 15) is 9.59 Å². The summed E-state index contributed by atoms with van der Waals surface area (Å²) >= 11 is 6.05. The lowest BCUT2D eigenvalue weighted by atomic mass is 10.2. The highest BCUT2D eigenvalue weighted by Crippen LogP contribution is 2.25. The minimum atomic E-state index is -0.387. The van der Waals surface area contributed by atoms with Crippen molar-refractivity contribution in [1.29, 1.82) is 0 Å². The molecule has 9 nitrogen and oxygen atoms in total. The molecule has 0 saturated heterocycles. The number of amides is 1. The summed E-state index contributed by atoms with van der Waals surface area (Å²) in [5.41, 5.74) is 1.38. The van der Waals surface area contributed by atoms with Crippen LogP contribution in [0.4, 0.5) is 0 Å². The molecule has 0 spiro atoms. The molecule has 0 saturated carbocycles. The summed E-state index contributed by atoms with van der Waals surface area (Å²) in [6.07, 6.45) is 4.37. The summed E-state index contributed by atoms with van der Waals surface area (Å²) in [6, 6.07) is 10.9. The SMILES string of the molecule is COCCCNC(=O)Cn1nc(C)c2nn(-c3ccc(Cl)cc3)c(-n3cccc3)c2c1=O. The van der Waals surface area contributed by atoms with Crippen molar-refractivity contribution in [3.63, 3.8) is 0 Å². The Morgan fingerprint density at radius 2 is 1.88 bits per heavy atom. The van der Waals surface area contributed by atoms with E-state index in [1.807, 2.05) is 41.2 Å². The van der Waals surface area contributed by atoms with E-state index in [0.717, 1.165) is 5.69 Å². The van der Waals surface area contributed by atoms with Crippen LogP contribution in [0, 0.1) is 6.92 Å². The van der Waals surface area contributed by atoms with Crippen LogP contribution in [0.5, 0.6) is 0 Å². The average Bonchev–Trinajstić information content (AvgIpc) is 3.43. The number of fused-ring (bicyclic) bond motifs is 1. The van der Waals surface area contributed by atoms with E-state index >= 15 is 0 Å². The third-order valence-corrected chi connectivity index (χ3v) is 5.24. The highest BCUT2D eigenvalue weighted by atomic mass is 35.5. The number of nitrogens with zero attached hydrogens (tertiary/aromatic N) is 5. The van der Waals surface area contributed by atoms with Crippen LogP contribution in [0.3, 0.4) is 0 Å². The largest absolute Gasteiger partial charge is 0.385 e. The zero-order chi connectivity index (χ0) is 22.7. The van der Waals surface area contributed by atoms with Crippen molar-refractivity contribution >= 4 is 28.4 Å². The average molecular weight is 455 g/mol. The fraction of sp³-hybridized carbons (Fsp3) is 0.273. The topological polar surface area (TPSA) is 96.0 Å². The molecule has 1 N–H and O–H groups in total. The Morgan fingerprint density at radius 3 is 2.56 bits per heavy atom. The van der Waals surface area contributed by atoms with Gasteiger partial charge < -0.3 is 14.6 Å². The van der Waals surface area contributed by atoms with Gasteiger partial charge in [0.05, 0.1) is 11.4 Å². The van der Waals surface area contributed by atoms with Crippen LogP contribution < -0.4 is 10.9 Å². The summed E-state index contributed by atoms with van der Waals surface area (Å²) < 4.78 is 9.67. The lowest BCUT2D eigenvalue weighted by molar-refractivity contribution is -0.121. The molecule has 4 aromatic rings. The number of carbonyl (C=O) groups is 1. The number of aryl methyl sites for hydroxylation is 1. The molecular formula is C22H23ClN6O3. The van der Waals surface area contributed by atoms with E-state index in [1.54, 1.807) is 30.8 Å². The molecule has 0 aliphatic carbocycles. The lowest BCUT2D eigenvalue weighted by Gasteiger charge is -2.10. The first-order valence-corrected chi connectivity index (χ1v) is 10.5. The summed E-state index contributed by atoms with van der Waals surface area (Å²) in [5.74, 6) is 0.277. The van der Waals surface area contributed by atoms with Crippen molar-refractivity contribution in [1.82, 2.24) is 29.4 Å². The van der Waals surface area contributed by atoms with Crippen LogP contribution in [-0.4, -0.2) is 50.3 Å². The Hall–Kier alpha value is -3.43. The van der Waals surface area contributed by atoms with Crippen molar-refractivity contribution in [2.45, 2.75) is 19.9 Å². The van der Waals surface area contributed by atoms with Crippen molar-refractivity contribution < 1.29 is 9.53 Å². The number of hydrogen-bond acceptors (Lipinski definition) is 5. The zero-order valence-corrected chi connectivity index (χ0v) is 18.5. The minimum absolute atomic E-state index is 0.181. The highest BCUT2D eigenvalue weighted by Gasteiger charge is 2.22. The minimum Gasteiger partial charge on any atom is -0.385 e. The first-order valence-electron chi connectivity index (χ1n) is 10.1. The van der Waals surface area contributed by atoms with Crippen molar-refractivity contribution in [3.8, 4) is 11.5 Å². The molecule has 0 bridgehead atoms. The second kappa shape index (κ2) is 9.37. The molecule has 1 aromatic carbocycles. The quantitative estimate of drug-likeness (QED) is 0.413. The number of nitrogens with one attached hydrogen (secondary N) is 1. The summed E-state index contributed by atoms with van der Waals surface area (Å²) in [4.78, 5) is 25.8. The molecule has 0 aliphatic heterocycles. The Balaban J connectivity index is 1.81. The zero-order valence-electron chi connectivity index (χ0n) is 17.8. The van der Waals surface area contributed by atoms with Gasteiger partial charge in [0.2, 0.25) is 5.91 Å². The molecule has 166 valence electrons. The smallest absolute Gasteiger partial charge is 0.280 e. The molecule has 10 heteroatoms. The predicted octanol–water partition coefficient (Wildman–Crippen LogP) is 2.49. The van der Waals surface area contributed by atoms with Crippen LogP contribution in [0.25, 0.3) is 22.4 Å². The van der Waals surface area contributed by atoms with E-state index in [1.165, 1.54) is 4.68 Å². The Bertz CT molecular complexity index is 1290. The van der Waals surface area contributed by atoms with Gasteiger partial charge in [-0.05, 0) is 49.7 Å². The Morgan fingerprint density at radius 1 is 1.16 bits per heavy atom. The molecular weight excluding hydrogens is 432 g/mol. The number of aromatic nitrogens is 5. The second-order valence-electron chi connectivity index (χ2n) is 7.27. The molecule has 1 amide bonds. The maximum absolute atomic E-state index is 13.4. The van der Waals surface area contributed by atoms with Crippen LogP contribution in [0.15, 0.2) is 53.6 Å². The summed E-state index contributed by atoms with van der Waals surface area (Å²) in [7, 11) is 1.61. The van der Waals surface area contributed by atoms with Crippen molar-refractivity contribution in [2.24, 2.45) is 0 Å². The van der Waals surface area contributed by atoms with Crippen LogP contribution >= 0.6 is 11.6 Å². The number of ether oxygens (including phenoxy) is 1. The molecule has 3 aromatic heterocycles. The molecule has 0 fully saturated rings. The predicted molar refractivity (Wildman–Crippen MR) is 122 cm³/mol. The Labute approximate surface area is 189 Å². The fourth-order valence-corrected chi connectivity index (χ4v) is 3.61. The fourth-order valence-electron chi connectivity index (χ4n) is 3.48. The number of methoxy groups -OCH3 is 1. The number of halogens is 1. The normalized spacial score (nSPS) is 11.2. The van der Waals surface area contributed by atoms with Gasteiger partial charge in [0.25, 0.3) is 5.56 Å². The van der Waals surface area contributed by atoms with E-state index in [-0.39, 0.29) is 18.0 Å². The number of rotatable bonds is 8. The second-order valence-corrected chi connectivity index (χ2v) is 7.71. The highest BCUT2D eigenvalue weighted by molar-refractivity contribution is 6.30. The molecule has 0 aliphatic rings. The molecule has 4 rings (SSSR count). The molecule has 0 atom stereocenters. The molecule has 32 heavy (non-hydrogen) atoms. The van der Waals surface area contributed by atoms with Gasteiger partial charge in [-0.2, -0.15) is 10.2 Å². The van der Waals surface area contributed by atoms with Gasteiger partial charge >= 0.3 is 0 Å². The maximum atomic E-state index is 13.4. The van der Waals surface area contributed by atoms with E-state index in [4.69, 9.17) is 16.3 Å². The molecule has 0 radical (unpaired) electrons. The summed E-state index contributed by atoms with van der Waals surface area (Å²) in [5, 5.41) is 12.8. The lowest BCUT2D eigenvalue weighted by Crippen LogP contribution is -2.34. The summed E-state index contributed by atoms with van der Waals surface area (Å²) in [6.45, 7) is 2.60. The maximum Gasteiger partial charge on any atom is 0.280 e. The van der Waals surface area contributed by atoms with Crippen LogP contribution in [0.2, 0.25) is 5.02 Å². The molecule has 0 unspecified atom stereocenters. The van der Waals surface area contributed by atoms with Gasteiger partial charge in [-0.25, -0.2) is 9.36 Å². The van der Waals surface area contributed by atoms with E-state index in [2.05, 4.69) is 15.5 Å². The monoisotopic (exact) mass is 454 g/mol. The number of benzene rings is 1. The van der Waals surface area contributed by atoms with E-state index in [0.29, 0.717) is 47.0 Å². The van der Waals surface area contributed by atoms with Crippen LogP contribution in [0.1, 0.15) is 12.1 Å². The van der Waals surface area contributed by atoms with Crippen molar-refractivity contribution in [2.75, 3.05) is 20.3 Å². The van der Waals surface area contributed by atoms with Gasteiger partial charge in [0.1, 0.15) is 17.4 Å². The molecule has 3 heterocycles. The van der Waals surface area contributed by atoms with Gasteiger partial charge in [-0.3, -0.25) is 9.59 Å². The van der Waals surface area contributed by atoms with Gasteiger partial charge in [0.15, 0.2) is 5.82 Å². The van der Waals surface area contributed by atoms with Crippen LogP contribution in [-0.2, 0) is 16.1 Å². The van der Waals surface area contributed by atoms with E-state index < -0.39 is 0 Å². The van der Waals surface area contributed by atoms with Gasteiger partial charge in [-0.15, -0.1) is 0 Å². The standard InChI is InChI=1S/C22H23ClN6O3/c1-15-20-19(22(31)28(25-15)14-18(30)24-10-5-13-32-2)21(27-11-3-4-12-27)29(26-20)17-8-6-16(23)7-9-17/h3-4,6-9,11-12H,5,10,13-14H2,1-2H3,(H,24,30). The number of hydrogen-bond donors (Lipinski definition) is 1. The van der Waals surface area contributed by atoms with Crippen molar-refractivity contribution in [3.05, 3.63) is 69.9 Å². The van der Waals surface area contributed by atoms with Gasteiger partial charge in [-0.1, -0.05) is 11.6 Å². The first kappa shape index (κ1) is 21.8.